The minimum Gasteiger partial charge on any atom is -0.141 e. The lowest BCUT2D eigenvalue weighted by Crippen LogP contribution is -1.72. The van der Waals surface area contributed by atoms with Crippen LogP contribution in [0.15, 0.2) is 0 Å². The second kappa shape index (κ2) is 2.93. The van der Waals surface area contributed by atoms with Gasteiger partial charge in [-0.05, 0) is 22.6 Å². The van der Waals surface area contributed by atoms with Crippen LogP contribution in [0.1, 0.15) is 5.01 Å². The Hall–Kier alpha value is 0.580. The largest absolute Gasteiger partial charge is 0.178 e. The van der Waals surface area contributed by atoms with Crippen LogP contribution in [-0.2, 0) is 5.88 Å². The molecule has 0 aliphatic carbocycles. The van der Waals surface area contributed by atoms with Crippen molar-refractivity contribution in [3.8, 4) is 0 Å². The molecule has 2 nitrogen and oxygen atoms in total. The van der Waals surface area contributed by atoms with E-state index in [1.807, 2.05) is 0 Å². The van der Waals surface area contributed by atoms with Crippen LogP contribution in [-0.4, -0.2) is 10.2 Å². The third-order valence-electron chi connectivity index (χ3n) is 0.557. The Bertz CT molecular complexity index is 178. The Morgan fingerprint density at radius 2 is 2.38 bits per heavy atom. The van der Waals surface area contributed by atoms with Crippen LogP contribution in [0.3, 0.4) is 0 Å². The SMILES string of the molecule is ClCc1nnc(I)s1. The van der Waals surface area contributed by atoms with Crippen molar-refractivity contribution < 1.29 is 0 Å². The summed E-state index contributed by atoms with van der Waals surface area (Å²) in [6.45, 7) is 0. The highest BCUT2D eigenvalue weighted by molar-refractivity contribution is 14.1. The lowest BCUT2D eigenvalue weighted by molar-refractivity contribution is 1.02. The van der Waals surface area contributed by atoms with E-state index in [9.17, 15) is 0 Å². The maximum atomic E-state index is 5.44. The van der Waals surface area contributed by atoms with E-state index in [1.165, 1.54) is 11.3 Å². The number of hydrogen-bond donors (Lipinski definition) is 0. The van der Waals surface area contributed by atoms with Crippen LogP contribution < -0.4 is 0 Å². The fourth-order valence-electron chi connectivity index (χ4n) is 0.287. The van der Waals surface area contributed by atoms with E-state index in [-0.39, 0.29) is 0 Å². The summed E-state index contributed by atoms with van der Waals surface area (Å²) in [5.41, 5.74) is 0. The van der Waals surface area contributed by atoms with Crippen LogP contribution in [0.2, 0.25) is 0 Å². The van der Waals surface area contributed by atoms with E-state index < -0.39 is 0 Å². The zero-order valence-electron chi connectivity index (χ0n) is 3.77. The van der Waals surface area contributed by atoms with Crippen LogP contribution in [0.4, 0.5) is 0 Å². The zero-order valence-corrected chi connectivity index (χ0v) is 7.50. The molecule has 0 unspecified atom stereocenters. The lowest BCUT2D eigenvalue weighted by Gasteiger charge is -1.73. The third-order valence-corrected chi connectivity index (χ3v) is 2.56. The van der Waals surface area contributed by atoms with Gasteiger partial charge in [0.1, 0.15) is 5.01 Å². The number of hydrogen-bond acceptors (Lipinski definition) is 3. The maximum Gasteiger partial charge on any atom is 0.178 e. The van der Waals surface area contributed by atoms with Crippen molar-refractivity contribution >= 4 is 45.5 Å². The van der Waals surface area contributed by atoms with Gasteiger partial charge >= 0.3 is 0 Å². The van der Waals surface area contributed by atoms with Gasteiger partial charge in [0.05, 0.1) is 5.88 Å². The molecule has 1 rings (SSSR count). The van der Waals surface area contributed by atoms with Crippen LogP contribution in [0, 0.1) is 3.01 Å². The predicted octanol–water partition coefficient (Wildman–Crippen LogP) is 1.88. The summed E-state index contributed by atoms with van der Waals surface area (Å²) in [5.74, 6) is 0.473. The molecule has 0 aromatic carbocycles. The van der Waals surface area contributed by atoms with Crippen molar-refractivity contribution in [2.24, 2.45) is 0 Å². The van der Waals surface area contributed by atoms with Crippen LogP contribution in [0.5, 0.6) is 0 Å². The van der Waals surface area contributed by atoms with Gasteiger partial charge in [-0.3, -0.25) is 0 Å². The Balaban J connectivity index is 2.84. The highest BCUT2D eigenvalue weighted by Gasteiger charge is 1.96. The maximum absolute atomic E-state index is 5.44. The van der Waals surface area contributed by atoms with Crippen molar-refractivity contribution in [3.63, 3.8) is 0 Å². The van der Waals surface area contributed by atoms with Crippen molar-refractivity contribution in [2.45, 2.75) is 5.88 Å². The Labute approximate surface area is 69.4 Å². The van der Waals surface area contributed by atoms with Gasteiger partial charge in [-0.2, -0.15) is 0 Å². The predicted molar refractivity (Wildman–Crippen MR) is 42.2 cm³/mol. The molecule has 0 aliphatic heterocycles. The number of rotatable bonds is 1. The van der Waals surface area contributed by atoms with Crippen LogP contribution >= 0.6 is 45.5 Å². The molecule has 1 aromatic heterocycles. The molecule has 0 bridgehead atoms. The van der Waals surface area contributed by atoms with Crippen molar-refractivity contribution in [2.75, 3.05) is 0 Å². The molecule has 0 spiro atoms. The zero-order chi connectivity index (χ0) is 5.98. The van der Waals surface area contributed by atoms with E-state index in [2.05, 4.69) is 32.8 Å². The van der Waals surface area contributed by atoms with Gasteiger partial charge in [0.15, 0.2) is 3.01 Å². The first-order valence-electron chi connectivity index (χ1n) is 1.87. The number of aromatic nitrogens is 2. The first-order chi connectivity index (χ1) is 3.83. The topological polar surface area (TPSA) is 25.8 Å². The smallest absolute Gasteiger partial charge is 0.141 e. The third kappa shape index (κ3) is 1.53. The molecule has 0 atom stereocenters. The number of alkyl halides is 1. The van der Waals surface area contributed by atoms with Gasteiger partial charge in [-0.1, -0.05) is 11.3 Å². The number of halogens is 2. The molecule has 44 valence electrons. The summed E-state index contributed by atoms with van der Waals surface area (Å²) < 4.78 is 0.943. The molecule has 0 aliphatic rings. The molecule has 0 fully saturated rings. The van der Waals surface area contributed by atoms with Gasteiger partial charge in [0.2, 0.25) is 0 Å². The Kier molecular flexibility index (Phi) is 2.45. The molecule has 8 heavy (non-hydrogen) atoms. The van der Waals surface area contributed by atoms with E-state index in [0.717, 1.165) is 8.02 Å². The average Bonchev–Trinajstić information content (AvgIpc) is 2.14. The first-order valence-corrected chi connectivity index (χ1v) is 4.30. The summed E-state index contributed by atoms with van der Waals surface area (Å²) in [5, 5.41) is 8.41. The van der Waals surface area contributed by atoms with Crippen molar-refractivity contribution in [1.82, 2.24) is 10.2 Å². The standard InChI is InChI=1S/C3H2ClIN2S/c4-1-2-6-7-3(5)8-2/h1H2. The highest BCUT2D eigenvalue weighted by Crippen LogP contribution is 2.12. The summed E-state index contributed by atoms with van der Waals surface area (Å²) in [6, 6.07) is 0. The first kappa shape index (κ1) is 6.70. The quantitative estimate of drug-likeness (QED) is 0.569. The minimum absolute atomic E-state index is 0.473. The average molecular weight is 260 g/mol. The molecule has 1 aromatic rings. The summed E-state index contributed by atoms with van der Waals surface area (Å²) in [6.07, 6.45) is 0. The molecule has 5 heteroatoms. The second-order valence-corrected chi connectivity index (χ2v) is 4.17. The molecule has 0 amide bonds. The second-order valence-electron chi connectivity index (χ2n) is 1.08. The highest BCUT2D eigenvalue weighted by atomic mass is 127. The van der Waals surface area contributed by atoms with Crippen molar-refractivity contribution in [1.29, 1.82) is 0 Å². The molecule has 0 radical (unpaired) electrons. The number of nitrogens with zero attached hydrogens (tertiary/aromatic N) is 2. The van der Waals surface area contributed by atoms with Gasteiger partial charge in [-0.25, -0.2) is 0 Å². The molecular formula is C3H2ClIN2S. The van der Waals surface area contributed by atoms with Gasteiger partial charge in [-0.15, -0.1) is 21.8 Å². The van der Waals surface area contributed by atoms with E-state index in [1.54, 1.807) is 0 Å². The normalized spacial score (nSPS) is 9.75. The van der Waals surface area contributed by atoms with Gasteiger partial charge < -0.3 is 0 Å². The summed E-state index contributed by atoms with van der Waals surface area (Å²) in [7, 11) is 0. The fraction of sp³-hybridized carbons (Fsp3) is 0.333. The van der Waals surface area contributed by atoms with E-state index >= 15 is 0 Å². The lowest BCUT2D eigenvalue weighted by atomic mass is 10.9. The van der Waals surface area contributed by atoms with E-state index in [4.69, 9.17) is 11.6 Å². The molecule has 0 N–H and O–H groups in total. The molecule has 0 saturated heterocycles. The van der Waals surface area contributed by atoms with Gasteiger partial charge in [0, 0.05) is 0 Å². The Morgan fingerprint density at radius 3 is 2.62 bits per heavy atom. The monoisotopic (exact) mass is 260 g/mol. The van der Waals surface area contributed by atoms with Crippen LogP contribution in [0.25, 0.3) is 0 Å². The Morgan fingerprint density at radius 1 is 1.62 bits per heavy atom. The minimum atomic E-state index is 0.473. The van der Waals surface area contributed by atoms with Gasteiger partial charge in [0.25, 0.3) is 0 Å². The summed E-state index contributed by atoms with van der Waals surface area (Å²) in [4.78, 5) is 0. The van der Waals surface area contributed by atoms with Crippen molar-refractivity contribution in [3.05, 3.63) is 8.02 Å². The molecular weight excluding hydrogens is 258 g/mol. The summed E-state index contributed by atoms with van der Waals surface area (Å²) >= 11 is 9.08. The molecule has 0 saturated carbocycles. The fourth-order valence-corrected chi connectivity index (χ4v) is 1.79. The molecule has 1 heterocycles. The van der Waals surface area contributed by atoms with E-state index in [0.29, 0.717) is 5.88 Å².